The van der Waals surface area contributed by atoms with Crippen molar-refractivity contribution in [1.82, 2.24) is 4.31 Å². The summed E-state index contributed by atoms with van der Waals surface area (Å²) >= 11 is 1.48. The summed E-state index contributed by atoms with van der Waals surface area (Å²) in [7, 11) is -3.78. The van der Waals surface area contributed by atoms with Crippen LogP contribution in [0.4, 0.5) is 5.69 Å². The molecule has 0 saturated carbocycles. The number of hydrogen-bond donors (Lipinski definition) is 0. The number of nitrogens with zero attached hydrogens (tertiary/aromatic N) is 2. The minimum absolute atomic E-state index is 0.0138. The molecule has 1 heterocycles. The third kappa shape index (κ3) is 3.34. The van der Waals surface area contributed by atoms with Gasteiger partial charge in [0.1, 0.15) is 0 Å². The van der Waals surface area contributed by atoms with Gasteiger partial charge in [-0.3, -0.25) is 10.1 Å². The van der Waals surface area contributed by atoms with Gasteiger partial charge < -0.3 is 0 Å². The van der Waals surface area contributed by atoms with E-state index >= 15 is 0 Å². The van der Waals surface area contributed by atoms with Crippen molar-refractivity contribution in [2.75, 3.05) is 6.54 Å². The van der Waals surface area contributed by atoms with E-state index in [-0.39, 0.29) is 17.1 Å². The number of aryl methyl sites for hydroxylation is 1. The summed E-state index contributed by atoms with van der Waals surface area (Å²) in [6.45, 7) is 3.94. The Kier molecular flexibility index (Phi) is 4.94. The Bertz CT molecular complexity index is 770. The van der Waals surface area contributed by atoms with E-state index in [4.69, 9.17) is 0 Å². The topological polar surface area (TPSA) is 80.5 Å². The minimum Gasteiger partial charge on any atom is -0.258 e. The van der Waals surface area contributed by atoms with Crippen LogP contribution in [-0.2, 0) is 16.6 Å². The molecule has 2 aromatic rings. The first-order valence-corrected chi connectivity index (χ1v) is 8.95. The molecule has 0 saturated heterocycles. The number of rotatable bonds is 6. The van der Waals surface area contributed by atoms with Gasteiger partial charge in [-0.1, -0.05) is 19.1 Å². The fraction of sp³-hybridized carbons (Fsp3) is 0.286. The third-order valence-corrected chi connectivity index (χ3v) is 6.19. The highest BCUT2D eigenvalue weighted by Gasteiger charge is 2.27. The van der Waals surface area contributed by atoms with Gasteiger partial charge in [0.15, 0.2) is 0 Å². The van der Waals surface area contributed by atoms with Gasteiger partial charge in [-0.05, 0) is 23.9 Å². The number of non-ortho nitro benzene ring substituents is 1. The summed E-state index contributed by atoms with van der Waals surface area (Å²) in [5.41, 5.74) is 0.270. The fourth-order valence-corrected chi connectivity index (χ4v) is 4.54. The Morgan fingerprint density at radius 1 is 1.32 bits per heavy atom. The predicted molar refractivity (Wildman–Crippen MR) is 85.4 cm³/mol. The lowest BCUT2D eigenvalue weighted by Gasteiger charge is -2.20. The van der Waals surface area contributed by atoms with E-state index in [0.717, 1.165) is 10.9 Å². The average molecular weight is 340 g/mol. The van der Waals surface area contributed by atoms with Gasteiger partial charge in [-0.2, -0.15) is 4.31 Å². The molecule has 0 spiro atoms. The fourth-order valence-electron chi connectivity index (χ4n) is 2.06. The molecular weight excluding hydrogens is 324 g/mol. The zero-order valence-corrected chi connectivity index (χ0v) is 13.9. The van der Waals surface area contributed by atoms with Gasteiger partial charge in [-0.15, -0.1) is 11.3 Å². The van der Waals surface area contributed by atoms with Gasteiger partial charge in [-0.25, -0.2) is 8.42 Å². The van der Waals surface area contributed by atoms with Gasteiger partial charge >= 0.3 is 0 Å². The Labute approximate surface area is 133 Å². The van der Waals surface area contributed by atoms with Crippen LogP contribution in [0.15, 0.2) is 40.6 Å². The molecule has 0 N–H and O–H groups in total. The van der Waals surface area contributed by atoms with Gasteiger partial charge in [0.25, 0.3) is 5.69 Å². The highest BCUT2D eigenvalue weighted by Crippen LogP contribution is 2.26. The van der Waals surface area contributed by atoms with Crippen LogP contribution in [-0.4, -0.2) is 24.2 Å². The normalized spacial score (nSPS) is 11.8. The number of benzene rings is 1. The molecule has 1 aromatic heterocycles. The molecule has 2 rings (SSSR count). The molecule has 8 heteroatoms. The summed E-state index contributed by atoms with van der Waals surface area (Å²) in [5, 5.41) is 12.8. The molecule has 22 heavy (non-hydrogen) atoms. The second-order valence-corrected chi connectivity index (χ2v) is 7.66. The Morgan fingerprint density at radius 3 is 2.59 bits per heavy atom. The lowest BCUT2D eigenvalue weighted by Crippen LogP contribution is -2.30. The van der Waals surface area contributed by atoms with Crippen LogP contribution >= 0.6 is 11.3 Å². The minimum atomic E-state index is -3.78. The van der Waals surface area contributed by atoms with E-state index in [1.54, 1.807) is 13.8 Å². The second-order valence-electron chi connectivity index (χ2n) is 4.72. The number of nitro groups is 1. The van der Waals surface area contributed by atoms with Gasteiger partial charge in [0, 0.05) is 30.1 Å². The highest BCUT2D eigenvalue weighted by atomic mass is 32.2. The van der Waals surface area contributed by atoms with E-state index < -0.39 is 14.9 Å². The van der Waals surface area contributed by atoms with Crippen LogP contribution in [0.2, 0.25) is 0 Å². The summed E-state index contributed by atoms with van der Waals surface area (Å²) in [5.74, 6) is 0. The molecule has 0 aliphatic rings. The van der Waals surface area contributed by atoms with Crippen molar-refractivity contribution in [2.45, 2.75) is 25.3 Å². The standard InChI is InChI=1S/C14H16N2O4S2/c1-3-15(10-13-5-4-8-21-13)22(19,20)14-9-12(16(17)18)7-6-11(14)2/h4-9H,3,10H2,1-2H3. The molecule has 118 valence electrons. The quantitative estimate of drug-likeness (QED) is 0.597. The zero-order valence-electron chi connectivity index (χ0n) is 12.2. The van der Waals surface area contributed by atoms with E-state index in [0.29, 0.717) is 12.1 Å². The monoisotopic (exact) mass is 340 g/mol. The Balaban J connectivity index is 2.43. The van der Waals surface area contributed by atoms with Crippen LogP contribution in [0.3, 0.4) is 0 Å². The van der Waals surface area contributed by atoms with Crippen LogP contribution in [0.5, 0.6) is 0 Å². The lowest BCUT2D eigenvalue weighted by molar-refractivity contribution is -0.385. The maximum absolute atomic E-state index is 12.8. The number of sulfonamides is 1. The smallest absolute Gasteiger partial charge is 0.258 e. The zero-order chi connectivity index (χ0) is 16.3. The second kappa shape index (κ2) is 6.55. The van der Waals surface area contributed by atoms with Gasteiger partial charge in [0.05, 0.1) is 9.82 Å². The first-order chi connectivity index (χ1) is 10.4. The van der Waals surface area contributed by atoms with Crippen LogP contribution in [0.25, 0.3) is 0 Å². The molecule has 0 bridgehead atoms. The highest BCUT2D eigenvalue weighted by molar-refractivity contribution is 7.89. The lowest BCUT2D eigenvalue weighted by atomic mass is 10.2. The SMILES string of the molecule is CCN(Cc1cccs1)S(=O)(=O)c1cc([N+](=O)[O-])ccc1C. The first-order valence-electron chi connectivity index (χ1n) is 6.64. The average Bonchev–Trinajstić information content (AvgIpc) is 2.97. The molecule has 0 atom stereocenters. The van der Waals surface area contributed by atoms with Crippen molar-refractivity contribution >= 4 is 27.0 Å². The van der Waals surface area contributed by atoms with Crippen molar-refractivity contribution in [1.29, 1.82) is 0 Å². The van der Waals surface area contributed by atoms with Crippen molar-refractivity contribution in [2.24, 2.45) is 0 Å². The number of nitro benzene ring substituents is 1. The van der Waals surface area contributed by atoms with E-state index in [2.05, 4.69) is 0 Å². The molecule has 0 aliphatic heterocycles. The van der Waals surface area contributed by atoms with Crippen LogP contribution < -0.4 is 0 Å². The summed E-state index contributed by atoms with van der Waals surface area (Å²) in [4.78, 5) is 11.2. The maximum Gasteiger partial charge on any atom is 0.270 e. The van der Waals surface area contributed by atoms with Crippen LogP contribution in [0, 0.1) is 17.0 Å². The maximum atomic E-state index is 12.8. The Morgan fingerprint density at radius 2 is 2.05 bits per heavy atom. The molecular formula is C14H16N2O4S2. The molecule has 0 radical (unpaired) electrons. The largest absolute Gasteiger partial charge is 0.270 e. The molecule has 1 aromatic carbocycles. The molecule has 0 fully saturated rings. The molecule has 0 amide bonds. The summed E-state index contributed by atoms with van der Waals surface area (Å²) < 4.78 is 26.9. The molecule has 0 aliphatic carbocycles. The number of hydrogen-bond acceptors (Lipinski definition) is 5. The van der Waals surface area contributed by atoms with Crippen LogP contribution in [0.1, 0.15) is 17.4 Å². The molecule has 0 unspecified atom stereocenters. The van der Waals surface area contributed by atoms with Crippen molar-refractivity contribution in [3.63, 3.8) is 0 Å². The Hall–Kier alpha value is -1.77. The van der Waals surface area contributed by atoms with E-state index in [9.17, 15) is 18.5 Å². The van der Waals surface area contributed by atoms with Gasteiger partial charge in [0.2, 0.25) is 10.0 Å². The van der Waals surface area contributed by atoms with E-state index in [1.807, 2.05) is 17.5 Å². The predicted octanol–water partition coefficient (Wildman–Crippen LogP) is 3.18. The molecule has 6 nitrogen and oxygen atoms in total. The third-order valence-electron chi connectivity index (χ3n) is 3.27. The van der Waals surface area contributed by atoms with Crippen molar-refractivity contribution in [3.8, 4) is 0 Å². The number of thiophene rings is 1. The van der Waals surface area contributed by atoms with Crippen molar-refractivity contribution < 1.29 is 13.3 Å². The first kappa shape index (κ1) is 16.6. The van der Waals surface area contributed by atoms with Crippen molar-refractivity contribution in [3.05, 3.63) is 56.3 Å². The summed E-state index contributed by atoms with van der Waals surface area (Å²) in [6.07, 6.45) is 0. The van der Waals surface area contributed by atoms with E-state index in [1.165, 1.54) is 27.8 Å². The summed E-state index contributed by atoms with van der Waals surface area (Å²) in [6, 6.07) is 7.62.